The summed E-state index contributed by atoms with van der Waals surface area (Å²) in [4.78, 5) is 27.2. The molecule has 0 aromatic heterocycles. The van der Waals surface area contributed by atoms with E-state index in [4.69, 9.17) is 23.2 Å². The quantitative estimate of drug-likeness (QED) is 0.608. The second kappa shape index (κ2) is 9.42. The number of urea groups is 1. The first-order chi connectivity index (χ1) is 15.4. The van der Waals surface area contributed by atoms with E-state index in [9.17, 15) is 9.59 Å². The van der Waals surface area contributed by atoms with Crippen molar-refractivity contribution in [2.45, 2.75) is 64.0 Å². The number of nitrogens with zero attached hydrogens (tertiary/aromatic N) is 1. The van der Waals surface area contributed by atoms with Gasteiger partial charge in [0, 0.05) is 42.1 Å². The number of likely N-dealkylation sites (tertiary alicyclic amines) is 1. The molecule has 3 bridgehead atoms. The lowest BCUT2D eigenvalue weighted by Gasteiger charge is -2.29. The molecule has 4 fully saturated rings. The van der Waals surface area contributed by atoms with Crippen LogP contribution < -0.4 is 10.6 Å². The van der Waals surface area contributed by atoms with E-state index in [1.807, 2.05) is 11.0 Å². The van der Waals surface area contributed by atoms with Crippen LogP contribution in [0.4, 0.5) is 4.79 Å². The summed E-state index contributed by atoms with van der Waals surface area (Å²) in [6, 6.07) is 5.53. The summed E-state index contributed by atoms with van der Waals surface area (Å²) >= 11 is 12.1. The lowest BCUT2D eigenvalue weighted by atomic mass is 9.79. The first-order valence-electron chi connectivity index (χ1n) is 12.2. The van der Waals surface area contributed by atoms with E-state index in [1.54, 1.807) is 12.1 Å². The molecule has 1 saturated heterocycles. The zero-order valence-electron chi connectivity index (χ0n) is 18.5. The summed E-state index contributed by atoms with van der Waals surface area (Å²) in [5.74, 6) is 3.94. The Labute approximate surface area is 200 Å². The fourth-order valence-electron chi connectivity index (χ4n) is 6.96. The van der Waals surface area contributed by atoms with Gasteiger partial charge < -0.3 is 15.5 Å². The average molecular weight is 478 g/mol. The van der Waals surface area contributed by atoms with Crippen LogP contribution in [0.2, 0.25) is 10.0 Å². The highest BCUT2D eigenvalue weighted by Gasteiger charge is 2.44. The molecule has 174 valence electrons. The van der Waals surface area contributed by atoms with Crippen molar-refractivity contribution in [1.29, 1.82) is 0 Å². The highest BCUT2D eigenvalue weighted by Crippen LogP contribution is 2.53. The topological polar surface area (TPSA) is 61.4 Å². The number of hydrogen-bond acceptors (Lipinski definition) is 2. The predicted molar refractivity (Wildman–Crippen MR) is 127 cm³/mol. The Morgan fingerprint density at radius 1 is 1.00 bits per heavy atom. The Morgan fingerprint density at radius 2 is 1.75 bits per heavy atom. The number of carbonyl (C=O) groups is 2. The van der Waals surface area contributed by atoms with Gasteiger partial charge in [-0.25, -0.2) is 4.79 Å². The van der Waals surface area contributed by atoms with Gasteiger partial charge in [-0.3, -0.25) is 4.79 Å². The SMILES string of the molecule is O=C(CC1CCN(C(=O)NCc2ccc(Cl)cc2Cl)C1)NC1CC2CC3C[C@H](C2)CC3C1. The summed E-state index contributed by atoms with van der Waals surface area (Å²) in [7, 11) is 0. The van der Waals surface area contributed by atoms with Crippen molar-refractivity contribution in [2.75, 3.05) is 13.1 Å². The highest BCUT2D eigenvalue weighted by molar-refractivity contribution is 6.35. The van der Waals surface area contributed by atoms with Crippen LogP contribution in [-0.4, -0.2) is 36.0 Å². The van der Waals surface area contributed by atoms with E-state index in [-0.39, 0.29) is 17.9 Å². The minimum absolute atomic E-state index is 0.102. The fraction of sp³-hybridized carbons (Fsp3) is 0.680. The Balaban J connectivity index is 1.06. The maximum atomic E-state index is 12.8. The van der Waals surface area contributed by atoms with Gasteiger partial charge in [0.15, 0.2) is 0 Å². The normalized spacial score (nSPS) is 33.2. The molecule has 32 heavy (non-hydrogen) atoms. The van der Waals surface area contributed by atoms with E-state index >= 15 is 0 Å². The van der Waals surface area contributed by atoms with Crippen molar-refractivity contribution in [2.24, 2.45) is 29.6 Å². The van der Waals surface area contributed by atoms with Crippen molar-refractivity contribution >= 4 is 35.1 Å². The largest absolute Gasteiger partial charge is 0.353 e. The highest BCUT2D eigenvalue weighted by atomic mass is 35.5. The number of benzene rings is 1. The zero-order chi connectivity index (χ0) is 22.2. The molecule has 3 saturated carbocycles. The molecule has 1 aromatic rings. The van der Waals surface area contributed by atoms with Gasteiger partial charge >= 0.3 is 6.03 Å². The average Bonchev–Trinajstić information content (AvgIpc) is 3.27. The smallest absolute Gasteiger partial charge is 0.317 e. The van der Waals surface area contributed by atoms with E-state index in [1.165, 1.54) is 38.5 Å². The maximum absolute atomic E-state index is 12.8. The zero-order valence-corrected chi connectivity index (χ0v) is 20.0. The first-order valence-corrected chi connectivity index (χ1v) is 12.9. The van der Waals surface area contributed by atoms with E-state index < -0.39 is 0 Å². The number of rotatable bonds is 5. The lowest BCUT2D eigenvalue weighted by Crippen LogP contribution is -2.40. The summed E-state index contributed by atoms with van der Waals surface area (Å²) < 4.78 is 0. The second-order valence-electron chi connectivity index (χ2n) is 10.6. The molecule has 5 nitrogen and oxygen atoms in total. The maximum Gasteiger partial charge on any atom is 0.317 e. The summed E-state index contributed by atoms with van der Waals surface area (Å²) in [5.41, 5.74) is 0.838. The van der Waals surface area contributed by atoms with Crippen LogP contribution in [-0.2, 0) is 11.3 Å². The number of hydrogen-bond donors (Lipinski definition) is 2. The second-order valence-corrected chi connectivity index (χ2v) is 11.5. The van der Waals surface area contributed by atoms with Crippen LogP contribution >= 0.6 is 23.2 Å². The molecule has 4 aliphatic rings. The number of carbonyl (C=O) groups excluding carboxylic acids is 2. The van der Waals surface area contributed by atoms with Crippen molar-refractivity contribution < 1.29 is 9.59 Å². The third-order valence-corrected chi connectivity index (χ3v) is 8.89. The minimum atomic E-state index is -0.102. The van der Waals surface area contributed by atoms with Gasteiger partial charge in [0.2, 0.25) is 5.91 Å². The number of fused-ring (bicyclic) bond motifs is 2. The fourth-order valence-corrected chi connectivity index (χ4v) is 7.43. The van der Waals surface area contributed by atoms with Crippen molar-refractivity contribution in [1.82, 2.24) is 15.5 Å². The number of nitrogens with one attached hydrogen (secondary N) is 2. The van der Waals surface area contributed by atoms with Crippen LogP contribution in [0.3, 0.4) is 0 Å². The molecule has 7 heteroatoms. The standard InChI is InChI=1S/C25H33Cl2N3O2/c26-21-2-1-18(23(27)12-21)13-28-25(32)30-4-3-15(14-30)10-24(31)29-22-9-17-5-16-6-19(8-17)20(7-16)11-22/h1-2,12,15-17,19-20,22H,3-11,13-14H2,(H,28,32)(H,29,31)/t15?,16-,17?,19?,20?,22?/m0/s1. The number of amides is 3. The lowest BCUT2D eigenvalue weighted by molar-refractivity contribution is -0.122. The molecule has 3 amide bonds. The van der Waals surface area contributed by atoms with E-state index in [2.05, 4.69) is 10.6 Å². The van der Waals surface area contributed by atoms with Gasteiger partial charge in [0.05, 0.1) is 0 Å². The Bertz CT molecular complexity index is 877. The molecule has 5 rings (SSSR count). The van der Waals surface area contributed by atoms with Crippen LogP contribution in [0, 0.1) is 29.6 Å². The third-order valence-electron chi connectivity index (χ3n) is 8.30. The summed E-state index contributed by atoms with van der Waals surface area (Å²) in [6.45, 7) is 1.68. The van der Waals surface area contributed by atoms with Crippen LogP contribution in [0.25, 0.3) is 0 Å². The third kappa shape index (κ3) is 5.04. The number of halogens is 2. The molecule has 2 N–H and O–H groups in total. The van der Waals surface area contributed by atoms with Crippen molar-refractivity contribution in [3.63, 3.8) is 0 Å². The molecule has 5 unspecified atom stereocenters. The monoisotopic (exact) mass is 477 g/mol. The van der Waals surface area contributed by atoms with Crippen molar-refractivity contribution in [3.8, 4) is 0 Å². The van der Waals surface area contributed by atoms with E-state index in [0.29, 0.717) is 42.1 Å². The molecule has 1 aromatic carbocycles. The van der Waals surface area contributed by atoms with Crippen LogP contribution in [0.5, 0.6) is 0 Å². The van der Waals surface area contributed by atoms with Gasteiger partial charge in [-0.1, -0.05) is 29.3 Å². The van der Waals surface area contributed by atoms with Gasteiger partial charge in [0.25, 0.3) is 0 Å². The summed E-state index contributed by atoms with van der Waals surface area (Å²) in [5, 5.41) is 7.44. The first kappa shape index (κ1) is 22.3. The van der Waals surface area contributed by atoms with Crippen LogP contribution in [0.1, 0.15) is 56.9 Å². The molecule has 0 radical (unpaired) electrons. The van der Waals surface area contributed by atoms with Gasteiger partial charge in [-0.15, -0.1) is 0 Å². The molecular formula is C25H33Cl2N3O2. The Kier molecular flexibility index (Phi) is 6.58. The molecule has 1 aliphatic heterocycles. The van der Waals surface area contributed by atoms with Gasteiger partial charge in [-0.05, 0) is 92.2 Å². The van der Waals surface area contributed by atoms with Crippen LogP contribution in [0.15, 0.2) is 18.2 Å². The summed E-state index contributed by atoms with van der Waals surface area (Å²) in [6.07, 6.45) is 9.34. The van der Waals surface area contributed by atoms with E-state index in [0.717, 1.165) is 35.7 Å². The van der Waals surface area contributed by atoms with Crippen molar-refractivity contribution in [3.05, 3.63) is 33.8 Å². The molecule has 1 heterocycles. The molecule has 3 aliphatic carbocycles. The minimum Gasteiger partial charge on any atom is -0.353 e. The van der Waals surface area contributed by atoms with Gasteiger partial charge in [-0.2, -0.15) is 0 Å². The molecule has 0 spiro atoms. The van der Waals surface area contributed by atoms with Gasteiger partial charge in [0.1, 0.15) is 0 Å². The molecule has 6 atom stereocenters. The Hall–Kier alpha value is -1.46. The predicted octanol–water partition coefficient (Wildman–Crippen LogP) is 5.25. The Morgan fingerprint density at radius 3 is 2.53 bits per heavy atom. The molecular weight excluding hydrogens is 445 g/mol.